The molecule has 0 saturated heterocycles. The fourth-order valence-corrected chi connectivity index (χ4v) is 12.6. The van der Waals surface area contributed by atoms with E-state index < -0.39 is 0 Å². The highest BCUT2D eigenvalue weighted by Crippen LogP contribution is 2.58. The van der Waals surface area contributed by atoms with Crippen molar-refractivity contribution in [1.82, 2.24) is 0 Å². The number of fused-ring (bicyclic) bond motifs is 10. The summed E-state index contributed by atoms with van der Waals surface area (Å²) in [5.74, 6) is 0. The first-order valence-electron chi connectivity index (χ1n) is 22.8. The molecular weight excluding hydrogens is 805 g/mol. The van der Waals surface area contributed by atoms with Crippen LogP contribution in [-0.2, 0) is 10.8 Å². The van der Waals surface area contributed by atoms with Crippen molar-refractivity contribution in [3.8, 4) is 22.3 Å². The molecule has 0 unspecified atom stereocenters. The maximum Gasteiger partial charge on any atom is 0.0640 e. The minimum Gasteiger partial charge on any atom is -0.309 e. The summed E-state index contributed by atoms with van der Waals surface area (Å²) in [6.07, 6.45) is 0. The topological polar surface area (TPSA) is 6.48 Å². The second-order valence-electron chi connectivity index (χ2n) is 18.9. The van der Waals surface area contributed by atoms with Gasteiger partial charge in [0.05, 0.1) is 27.4 Å². The quantitative estimate of drug-likeness (QED) is 0.170. The van der Waals surface area contributed by atoms with Crippen molar-refractivity contribution in [1.29, 1.82) is 0 Å². The molecular formula is C62H46N2S. The summed E-state index contributed by atoms with van der Waals surface area (Å²) in [7, 11) is 0. The highest BCUT2D eigenvalue weighted by atomic mass is 32.1. The largest absolute Gasteiger partial charge is 0.309 e. The number of hydrogen-bond donors (Lipinski definition) is 0. The maximum atomic E-state index is 2.57. The average Bonchev–Trinajstić information content (AvgIpc) is 3.84. The van der Waals surface area contributed by atoms with Gasteiger partial charge in [-0.25, -0.2) is 0 Å². The first-order valence-corrected chi connectivity index (χ1v) is 23.6. The lowest BCUT2D eigenvalue weighted by Gasteiger charge is -2.43. The first kappa shape index (κ1) is 38.0. The molecule has 0 amide bonds. The van der Waals surface area contributed by atoms with Gasteiger partial charge < -0.3 is 9.80 Å². The molecule has 1 aliphatic carbocycles. The van der Waals surface area contributed by atoms with Crippen LogP contribution in [0.1, 0.15) is 49.9 Å². The Bertz CT molecular complexity index is 3750. The number of thiophene rings is 1. The lowest BCUT2D eigenvalue weighted by molar-refractivity contribution is 0.632. The van der Waals surface area contributed by atoms with Crippen LogP contribution in [0.25, 0.3) is 64.0 Å². The molecule has 65 heavy (non-hydrogen) atoms. The molecule has 0 bridgehead atoms. The van der Waals surface area contributed by atoms with Crippen LogP contribution >= 0.6 is 11.3 Å². The van der Waals surface area contributed by atoms with Gasteiger partial charge in [0.15, 0.2) is 0 Å². The van der Waals surface area contributed by atoms with Crippen LogP contribution in [0.5, 0.6) is 0 Å². The molecule has 3 heteroatoms. The standard InChI is InChI=1S/C62H46N2S/c1-61(2)51-26-11-9-22-46(51)47-35-32-41(37-53(47)61)63(57-29-16-25-50-48-23-10-14-30-58(48)65-60(50)57)42-33-36-56-54(38-42)62(3,4)52-27-12-13-28-55(52)64(56)59-44-21-8-6-18-40(44)31-34-49(59)45-24-15-19-39-17-5-7-20-43(39)45/h5-38H,1-4H3. The molecule has 0 fully saturated rings. The van der Waals surface area contributed by atoms with Gasteiger partial charge in [-0.2, -0.15) is 0 Å². The summed E-state index contributed by atoms with van der Waals surface area (Å²) in [5, 5.41) is 7.52. The third kappa shape index (κ3) is 5.52. The van der Waals surface area contributed by atoms with Gasteiger partial charge >= 0.3 is 0 Å². The molecule has 0 radical (unpaired) electrons. The summed E-state index contributed by atoms with van der Waals surface area (Å²) in [6.45, 7) is 9.58. The molecule has 11 aromatic rings. The third-order valence-electron chi connectivity index (χ3n) is 14.6. The molecule has 2 aliphatic rings. The number of rotatable bonds is 5. The number of para-hydroxylation sites is 1. The second kappa shape index (κ2) is 14.0. The van der Waals surface area contributed by atoms with E-state index in [1.54, 1.807) is 0 Å². The van der Waals surface area contributed by atoms with E-state index >= 15 is 0 Å². The number of hydrogen-bond acceptors (Lipinski definition) is 3. The summed E-state index contributed by atoms with van der Waals surface area (Å²) in [4.78, 5) is 5.11. The maximum absolute atomic E-state index is 2.57. The van der Waals surface area contributed by atoms with Gasteiger partial charge in [-0.1, -0.05) is 185 Å². The van der Waals surface area contributed by atoms with Crippen molar-refractivity contribution in [3.05, 3.63) is 229 Å². The number of anilines is 6. The molecule has 2 heterocycles. The Kier molecular flexibility index (Phi) is 8.20. The van der Waals surface area contributed by atoms with Gasteiger partial charge in [-0.15, -0.1) is 11.3 Å². The van der Waals surface area contributed by atoms with E-state index in [9.17, 15) is 0 Å². The highest BCUT2D eigenvalue weighted by molar-refractivity contribution is 7.26. The Morgan fingerprint density at radius 2 is 0.938 bits per heavy atom. The van der Waals surface area contributed by atoms with E-state index in [-0.39, 0.29) is 10.8 Å². The van der Waals surface area contributed by atoms with Gasteiger partial charge in [-0.3, -0.25) is 0 Å². The minimum absolute atomic E-state index is 0.139. The van der Waals surface area contributed by atoms with Crippen LogP contribution in [0, 0.1) is 0 Å². The van der Waals surface area contributed by atoms with Crippen LogP contribution in [0.3, 0.4) is 0 Å². The van der Waals surface area contributed by atoms with Gasteiger partial charge in [0, 0.05) is 48.6 Å². The average molecular weight is 851 g/mol. The van der Waals surface area contributed by atoms with Gasteiger partial charge in [0.25, 0.3) is 0 Å². The van der Waals surface area contributed by atoms with Crippen molar-refractivity contribution in [2.75, 3.05) is 9.80 Å². The molecule has 1 aromatic heterocycles. The summed E-state index contributed by atoms with van der Waals surface area (Å²) < 4.78 is 2.59. The van der Waals surface area contributed by atoms with Gasteiger partial charge in [0.2, 0.25) is 0 Å². The van der Waals surface area contributed by atoms with Gasteiger partial charge in [-0.05, 0) is 104 Å². The van der Waals surface area contributed by atoms with E-state index in [0.717, 1.165) is 11.4 Å². The lowest BCUT2D eigenvalue weighted by Crippen LogP contribution is -2.31. The summed E-state index contributed by atoms with van der Waals surface area (Å²) in [6, 6.07) is 77.2. The van der Waals surface area contributed by atoms with Crippen molar-refractivity contribution in [3.63, 3.8) is 0 Å². The molecule has 0 saturated carbocycles. The third-order valence-corrected chi connectivity index (χ3v) is 15.8. The van der Waals surface area contributed by atoms with E-state index in [1.807, 2.05) is 11.3 Å². The smallest absolute Gasteiger partial charge is 0.0640 e. The molecule has 13 rings (SSSR count). The predicted molar refractivity (Wildman–Crippen MR) is 279 cm³/mol. The highest BCUT2D eigenvalue weighted by Gasteiger charge is 2.40. The Balaban J connectivity index is 1.08. The van der Waals surface area contributed by atoms with Gasteiger partial charge in [0.1, 0.15) is 0 Å². The molecule has 310 valence electrons. The van der Waals surface area contributed by atoms with Crippen LogP contribution in [-0.4, -0.2) is 0 Å². The summed E-state index contributed by atoms with van der Waals surface area (Å²) in [5.41, 5.74) is 17.1. The fraction of sp³-hybridized carbons (Fsp3) is 0.0968. The molecule has 1 aliphatic heterocycles. The van der Waals surface area contributed by atoms with Crippen LogP contribution < -0.4 is 9.80 Å². The first-order chi connectivity index (χ1) is 31.8. The van der Waals surface area contributed by atoms with Crippen LogP contribution in [0.2, 0.25) is 0 Å². The Morgan fingerprint density at radius 3 is 1.78 bits per heavy atom. The number of nitrogens with zero attached hydrogens (tertiary/aromatic N) is 2. The SMILES string of the molecule is CC1(C)c2ccccc2-c2ccc(N(c3ccc4c(c3)C(C)(C)c3ccccc3N4c3c(-c4cccc5ccccc45)ccc4ccccc34)c3cccc4c3sc3ccccc34)cc21. The van der Waals surface area contributed by atoms with Crippen LogP contribution in [0.15, 0.2) is 206 Å². The van der Waals surface area contributed by atoms with E-state index in [2.05, 4.69) is 244 Å². The Labute approximate surface area is 384 Å². The van der Waals surface area contributed by atoms with Crippen molar-refractivity contribution >= 4 is 87.2 Å². The predicted octanol–water partition coefficient (Wildman–Crippen LogP) is 17.9. The van der Waals surface area contributed by atoms with Crippen LogP contribution in [0.4, 0.5) is 34.1 Å². The molecule has 0 atom stereocenters. The zero-order valence-corrected chi connectivity index (χ0v) is 37.7. The van der Waals surface area contributed by atoms with Crippen molar-refractivity contribution in [2.45, 2.75) is 38.5 Å². The Hall–Kier alpha value is -7.46. The van der Waals surface area contributed by atoms with E-state index in [1.165, 1.54) is 109 Å². The van der Waals surface area contributed by atoms with E-state index in [4.69, 9.17) is 0 Å². The van der Waals surface area contributed by atoms with Crippen molar-refractivity contribution < 1.29 is 0 Å². The normalized spacial score (nSPS) is 14.4. The molecule has 0 spiro atoms. The Morgan fingerprint density at radius 1 is 0.385 bits per heavy atom. The number of benzene rings is 10. The molecule has 10 aromatic carbocycles. The zero-order valence-electron chi connectivity index (χ0n) is 36.9. The lowest BCUT2D eigenvalue weighted by atomic mass is 9.73. The second-order valence-corrected chi connectivity index (χ2v) is 19.9. The minimum atomic E-state index is -0.320. The van der Waals surface area contributed by atoms with Crippen molar-refractivity contribution in [2.24, 2.45) is 0 Å². The van der Waals surface area contributed by atoms with E-state index in [0.29, 0.717) is 0 Å². The zero-order chi connectivity index (χ0) is 43.6. The molecule has 0 N–H and O–H groups in total. The fourth-order valence-electron chi connectivity index (χ4n) is 11.4. The monoisotopic (exact) mass is 850 g/mol. The summed E-state index contributed by atoms with van der Waals surface area (Å²) >= 11 is 1.89. The molecule has 2 nitrogen and oxygen atoms in total.